The Hall–Kier alpha value is -3.22. The Morgan fingerprint density at radius 1 is 0.500 bits per heavy atom. The zero-order valence-corrected chi connectivity index (χ0v) is 40.2. The number of esters is 1. The van der Waals surface area contributed by atoms with Crippen LogP contribution in [0.4, 0.5) is 0 Å². The number of carbonyl (C=O) groups excluding carboxylic acids is 2. The van der Waals surface area contributed by atoms with Gasteiger partial charge in [0.25, 0.3) is 0 Å². The molecule has 0 aliphatic rings. The van der Waals surface area contributed by atoms with Crippen LogP contribution in [-0.4, -0.2) is 46.9 Å². The molecule has 3 unspecified atom stereocenters. The standard InChI is InChI=1S/C56H95NO5/c1-4-7-10-13-16-19-22-24-26-28-30-33-35-38-41-44-47-52(62-56(61)49-46-43-40-37-34-31-29-27-25-23-20-17-14-11-8-5-2)50-55(60)57-53(51-58)54(59)48-45-42-39-36-32-21-18-15-12-9-6-3/h8,10-11,13,16-17,19-20,22,24-28,30,33,52-54,58-59H,4-7,9,12,14-15,18,21,23,29,31-32,34-51H2,1-3H3,(H,57,60)/b11-8+,13-10+,19-16+,20-17+,24-22+,27-25+,28-26+,33-30+. The Bertz CT molecular complexity index is 1240. The molecule has 0 saturated carbocycles. The molecule has 3 atom stereocenters. The fraction of sp³-hybridized carbons (Fsp3) is 0.679. The van der Waals surface area contributed by atoms with Gasteiger partial charge in [-0.2, -0.15) is 0 Å². The van der Waals surface area contributed by atoms with Crippen LogP contribution in [0.5, 0.6) is 0 Å². The van der Waals surface area contributed by atoms with Gasteiger partial charge in [0.1, 0.15) is 6.10 Å². The second kappa shape index (κ2) is 48.8. The van der Waals surface area contributed by atoms with E-state index < -0.39 is 18.2 Å². The number of amides is 1. The normalized spacial score (nSPS) is 14.1. The molecule has 0 aliphatic carbocycles. The van der Waals surface area contributed by atoms with Gasteiger partial charge in [0, 0.05) is 6.42 Å². The number of rotatable bonds is 44. The summed E-state index contributed by atoms with van der Waals surface area (Å²) in [4.78, 5) is 26.1. The monoisotopic (exact) mass is 862 g/mol. The van der Waals surface area contributed by atoms with E-state index in [2.05, 4.69) is 86.8 Å². The molecule has 0 heterocycles. The van der Waals surface area contributed by atoms with Crippen molar-refractivity contribution in [3.63, 3.8) is 0 Å². The second-order valence-electron chi connectivity index (χ2n) is 17.0. The minimum absolute atomic E-state index is 0.0386. The Morgan fingerprint density at radius 3 is 1.55 bits per heavy atom. The van der Waals surface area contributed by atoms with Crippen molar-refractivity contribution in [1.82, 2.24) is 5.32 Å². The van der Waals surface area contributed by atoms with Gasteiger partial charge in [-0.05, 0) is 77.0 Å². The van der Waals surface area contributed by atoms with E-state index in [4.69, 9.17) is 4.74 Å². The first kappa shape index (κ1) is 58.8. The number of hydrogen-bond donors (Lipinski definition) is 3. The predicted molar refractivity (Wildman–Crippen MR) is 268 cm³/mol. The van der Waals surface area contributed by atoms with Gasteiger partial charge in [-0.3, -0.25) is 9.59 Å². The molecular formula is C56H95NO5. The highest BCUT2D eigenvalue weighted by Crippen LogP contribution is 2.17. The molecule has 354 valence electrons. The lowest BCUT2D eigenvalue weighted by atomic mass is 10.0. The quantitative estimate of drug-likeness (QED) is 0.0245. The lowest BCUT2D eigenvalue weighted by Crippen LogP contribution is -2.46. The van der Waals surface area contributed by atoms with Crippen molar-refractivity contribution in [3.05, 3.63) is 97.2 Å². The van der Waals surface area contributed by atoms with E-state index in [9.17, 15) is 19.8 Å². The Morgan fingerprint density at radius 2 is 0.968 bits per heavy atom. The maximum Gasteiger partial charge on any atom is 0.306 e. The fourth-order valence-electron chi connectivity index (χ4n) is 7.18. The van der Waals surface area contributed by atoms with Crippen molar-refractivity contribution in [2.24, 2.45) is 0 Å². The number of carbonyl (C=O) groups is 2. The van der Waals surface area contributed by atoms with Gasteiger partial charge in [-0.15, -0.1) is 0 Å². The number of aliphatic hydroxyl groups excluding tert-OH is 2. The molecule has 1 amide bonds. The van der Waals surface area contributed by atoms with Gasteiger partial charge in [-0.25, -0.2) is 0 Å². The van der Waals surface area contributed by atoms with Crippen LogP contribution in [-0.2, 0) is 14.3 Å². The van der Waals surface area contributed by atoms with Crippen LogP contribution in [0.15, 0.2) is 97.2 Å². The van der Waals surface area contributed by atoms with E-state index in [-0.39, 0.29) is 24.9 Å². The number of unbranched alkanes of at least 4 members (excludes halogenated alkanes) is 20. The van der Waals surface area contributed by atoms with E-state index in [0.29, 0.717) is 19.3 Å². The van der Waals surface area contributed by atoms with Gasteiger partial charge >= 0.3 is 5.97 Å². The summed E-state index contributed by atoms with van der Waals surface area (Å²) >= 11 is 0. The predicted octanol–water partition coefficient (Wildman–Crippen LogP) is 15.3. The molecule has 0 aliphatic heterocycles. The molecule has 3 N–H and O–H groups in total. The molecule has 0 radical (unpaired) electrons. The zero-order chi connectivity index (χ0) is 45.2. The second-order valence-corrected chi connectivity index (χ2v) is 17.0. The molecule has 0 aromatic heterocycles. The van der Waals surface area contributed by atoms with Crippen LogP contribution in [0.3, 0.4) is 0 Å². The van der Waals surface area contributed by atoms with Crippen molar-refractivity contribution in [2.45, 2.75) is 238 Å². The van der Waals surface area contributed by atoms with Crippen molar-refractivity contribution in [3.8, 4) is 0 Å². The van der Waals surface area contributed by atoms with Crippen molar-refractivity contribution >= 4 is 11.9 Å². The van der Waals surface area contributed by atoms with Crippen LogP contribution in [0, 0.1) is 0 Å². The van der Waals surface area contributed by atoms with Crippen LogP contribution in [0.2, 0.25) is 0 Å². The van der Waals surface area contributed by atoms with Crippen molar-refractivity contribution in [2.75, 3.05) is 6.61 Å². The Kier molecular flexibility index (Phi) is 46.3. The lowest BCUT2D eigenvalue weighted by molar-refractivity contribution is -0.151. The van der Waals surface area contributed by atoms with E-state index in [1.165, 1.54) is 77.0 Å². The fourth-order valence-corrected chi connectivity index (χ4v) is 7.18. The topological polar surface area (TPSA) is 95.9 Å². The summed E-state index contributed by atoms with van der Waals surface area (Å²) in [6.07, 6.45) is 64.6. The smallest absolute Gasteiger partial charge is 0.306 e. The van der Waals surface area contributed by atoms with E-state index >= 15 is 0 Å². The first-order valence-electron chi connectivity index (χ1n) is 25.5. The number of hydrogen-bond acceptors (Lipinski definition) is 5. The molecule has 0 saturated heterocycles. The average molecular weight is 862 g/mol. The van der Waals surface area contributed by atoms with Crippen LogP contribution < -0.4 is 5.32 Å². The largest absolute Gasteiger partial charge is 0.462 e. The van der Waals surface area contributed by atoms with E-state index in [1.807, 2.05) is 36.5 Å². The highest BCUT2D eigenvalue weighted by molar-refractivity contribution is 5.77. The van der Waals surface area contributed by atoms with Crippen LogP contribution >= 0.6 is 0 Å². The molecule has 0 spiro atoms. The van der Waals surface area contributed by atoms with Crippen molar-refractivity contribution in [1.29, 1.82) is 0 Å². The summed E-state index contributed by atoms with van der Waals surface area (Å²) in [7, 11) is 0. The third-order valence-electron chi connectivity index (χ3n) is 11.0. The van der Waals surface area contributed by atoms with Crippen molar-refractivity contribution < 1.29 is 24.5 Å². The number of ether oxygens (including phenoxy) is 1. The summed E-state index contributed by atoms with van der Waals surface area (Å²) < 4.78 is 5.91. The van der Waals surface area contributed by atoms with E-state index in [0.717, 1.165) is 96.3 Å². The van der Waals surface area contributed by atoms with Gasteiger partial charge in [0.15, 0.2) is 0 Å². The number of aliphatic hydroxyl groups is 2. The average Bonchev–Trinajstić information content (AvgIpc) is 3.26. The maximum absolute atomic E-state index is 13.2. The molecule has 6 heteroatoms. The highest BCUT2D eigenvalue weighted by atomic mass is 16.5. The summed E-state index contributed by atoms with van der Waals surface area (Å²) in [5, 5.41) is 23.7. The minimum atomic E-state index is -0.807. The van der Waals surface area contributed by atoms with Gasteiger partial charge in [0.05, 0.1) is 25.2 Å². The highest BCUT2D eigenvalue weighted by Gasteiger charge is 2.24. The SMILES string of the molecule is CC/C=C/C/C=C/C/C=C/CCCCCCCCC(=O)OC(CCCCC/C=C/C=C/C=C/C=C/C=C/CCC)CC(=O)NC(CO)C(O)CCCCCCCCCCCCC. The number of allylic oxidation sites excluding steroid dienone is 16. The van der Waals surface area contributed by atoms with Gasteiger partial charge in [-0.1, -0.05) is 227 Å². The summed E-state index contributed by atoms with van der Waals surface area (Å²) in [6.45, 7) is 6.25. The van der Waals surface area contributed by atoms with Gasteiger partial charge in [0.2, 0.25) is 5.91 Å². The summed E-state index contributed by atoms with van der Waals surface area (Å²) in [6, 6.07) is -0.724. The van der Waals surface area contributed by atoms with E-state index in [1.54, 1.807) is 0 Å². The maximum atomic E-state index is 13.2. The third-order valence-corrected chi connectivity index (χ3v) is 11.0. The summed E-state index contributed by atoms with van der Waals surface area (Å²) in [5.41, 5.74) is 0. The molecule has 0 bridgehead atoms. The van der Waals surface area contributed by atoms with Gasteiger partial charge < -0.3 is 20.3 Å². The first-order chi connectivity index (χ1) is 30.5. The Labute approximate surface area is 382 Å². The molecular weight excluding hydrogens is 767 g/mol. The first-order valence-corrected chi connectivity index (χ1v) is 25.5. The van der Waals surface area contributed by atoms with Crippen LogP contribution in [0.1, 0.15) is 220 Å². The zero-order valence-electron chi connectivity index (χ0n) is 40.2. The minimum Gasteiger partial charge on any atom is -0.462 e. The lowest BCUT2D eigenvalue weighted by Gasteiger charge is -2.24. The Balaban J connectivity index is 4.73. The summed E-state index contributed by atoms with van der Waals surface area (Å²) in [5.74, 6) is -0.538. The molecule has 6 nitrogen and oxygen atoms in total. The molecule has 0 aromatic rings. The molecule has 0 rings (SSSR count). The molecule has 0 fully saturated rings. The van der Waals surface area contributed by atoms with Crippen LogP contribution in [0.25, 0.3) is 0 Å². The third kappa shape index (κ3) is 43.4. The molecule has 0 aromatic carbocycles. The number of nitrogens with one attached hydrogen (secondary N) is 1. The molecule has 62 heavy (non-hydrogen) atoms.